The van der Waals surface area contributed by atoms with E-state index in [0.717, 1.165) is 0 Å². The first-order chi connectivity index (χ1) is 6.81. The normalized spacial score (nSPS) is 11.1. The maximum Gasteiger partial charge on any atom is 0.389 e. The fourth-order valence-electron chi connectivity index (χ4n) is 0.878. The Kier molecular flexibility index (Phi) is 5.73. The summed E-state index contributed by atoms with van der Waals surface area (Å²) in [6, 6.07) is 0. The molecule has 0 aromatic rings. The van der Waals surface area contributed by atoms with Crippen LogP contribution < -0.4 is 5.32 Å². The molecule has 0 unspecified atom stereocenters. The first kappa shape index (κ1) is 13.7. The number of unbranched alkanes of at least 4 members (excludes halogenated alkanes) is 1. The molecule has 0 aliphatic heterocycles. The zero-order valence-corrected chi connectivity index (χ0v) is 7.93. The van der Waals surface area contributed by atoms with E-state index in [0.29, 0.717) is 0 Å². The monoisotopic (exact) mass is 227 g/mol. The highest BCUT2D eigenvalue weighted by atomic mass is 19.4. The van der Waals surface area contributed by atoms with Gasteiger partial charge in [0.2, 0.25) is 5.91 Å². The third kappa shape index (κ3) is 10.7. The summed E-state index contributed by atoms with van der Waals surface area (Å²) in [7, 11) is 0. The highest BCUT2D eigenvalue weighted by molar-refractivity contribution is 5.93. The fourth-order valence-corrected chi connectivity index (χ4v) is 0.878. The molecule has 4 nitrogen and oxygen atoms in total. The van der Waals surface area contributed by atoms with Gasteiger partial charge in [0, 0.05) is 13.0 Å². The third-order valence-electron chi connectivity index (χ3n) is 1.52. The fraction of sp³-hybridized carbons (Fsp3) is 0.750. The molecule has 0 radical (unpaired) electrons. The summed E-state index contributed by atoms with van der Waals surface area (Å²) >= 11 is 0. The Morgan fingerprint density at radius 3 is 2.27 bits per heavy atom. The molecule has 0 saturated heterocycles. The van der Waals surface area contributed by atoms with E-state index in [2.05, 4.69) is 5.32 Å². The summed E-state index contributed by atoms with van der Waals surface area (Å²) in [6.45, 7) is 0.0716. The maximum atomic E-state index is 11.6. The Morgan fingerprint density at radius 1 is 1.20 bits per heavy atom. The molecular weight excluding hydrogens is 215 g/mol. The Labute approximate surface area is 84.5 Å². The van der Waals surface area contributed by atoms with Crippen LogP contribution in [0.5, 0.6) is 0 Å². The van der Waals surface area contributed by atoms with Gasteiger partial charge >= 0.3 is 12.1 Å². The van der Waals surface area contributed by atoms with Crippen LogP contribution in [0.2, 0.25) is 0 Å². The van der Waals surface area contributed by atoms with E-state index >= 15 is 0 Å². The van der Waals surface area contributed by atoms with Gasteiger partial charge in [-0.3, -0.25) is 9.59 Å². The summed E-state index contributed by atoms with van der Waals surface area (Å²) < 4.78 is 34.9. The number of rotatable bonds is 6. The van der Waals surface area contributed by atoms with E-state index in [-0.39, 0.29) is 19.4 Å². The number of amides is 1. The molecular formula is C8H12F3NO3. The summed E-state index contributed by atoms with van der Waals surface area (Å²) in [4.78, 5) is 20.7. The van der Waals surface area contributed by atoms with Gasteiger partial charge < -0.3 is 10.4 Å². The lowest BCUT2D eigenvalue weighted by molar-refractivity contribution is -0.140. The number of carbonyl (C=O) groups is 2. The predicted octanol–water partition coefficient (Wildman–Crippen LogP) is 1.31. The van der Waals surface area contributed by atoms with E-state index < -0.39 is 30.9 Å². The topological polar surface area (TPSA) is 66.4 Å². The van der Waals surface area contributed by atoms with Crippen LogP contribution in [0.1, 0.15) is 25.7 Å². The third-order valence-corrected chi connectivity index (χ3v) is 1.52. The summed E-state index contributed by atoms with van der Waals surface area (Å²) in [5.41, 5.74) is 0. The molecule has 0 spiro atoms. The van der Waals surface area contributed by atoms with Crippen LogP contribution in [0.25, 0.3) is 0 Å². The molecule has 0 fully saturated rings. The quantitative estimate of drug-likeness (QED) is 0.531. The largest absolute Gasteiger partial charge is 0.481 e. The smallest absolute Gasteiger partial charge is 0.389 e. The van der Waals surface area contributed by atoms with Crippen molar-refractivity contribution in [2.24, 2.45) is 0 Å². The number of halogens is 3. The van der Waals surface area contributed by atoms with E-state index in [4.69, 9.17) is 5.11 Å². The number of hydrogen-bond acceptors (Lipinski definition) is 2. The average Bonchev–Trinajstić information content (AvgIpc) is 1.99. The summed E-state index contributed by atoms with van der Waals surface area (Å²) in [5.74, 6) is -1.95. The zero-order valence-electron chi connectivity index (χ0n) is 7.93. The van der Waals surface area contributed by atoms with Crippen LogP contribution in [0.4, 0.5) is 13.2 Å². The second-order valence-corrected chi connectivity index (χ2v) is 2.99. The Hall–Kier alpha value is -1.27. The van der Waals surface area contributed by atoms with Gasteiger partial charge in [-0.15, -0.1) is 0 Å². The number of carbonyl (C=O) groups excluding carboxylic acids is 1. The molecule has 0 aliphatic carbocycles. The minimum absolute atomic E-state index is 0.0716. The lowest BCUT2D eigenvalue weighted by Gasteiger charge is -2.06. The molecule has 1 amide bonds. The van der Waals surface area contributed by atoms with Crippen molar-refractivity contribution in [2.45, 2.75) is 31.9 Å². The van der Waals surface area contributed by atoms with Gasteiger partial charge in [0.1, 0.15) is 6.42 Å². The van der Waals surface area contributed by atoms with Crippen molar-refractivity contribution in [3.05, 3.63) is 0 Å². The second-order valence-electron chi connectivity index (χ2n) is 2.99. The minimum atomic E-state index is -4.18. The molecule has 7 heteroatoms. The Balaban J connectivity index is 3.39. The van der Waals surface area contributed by atoms with Gasteiger partial charge in [0.25, 0.3) is 0 Å². The van der Waals surface area contributed by atoms with Crippen molar-refractivity contribution >= 4 is 11.9 Å². The van der Waals surface area contributed by atoms with Crippen molar-refractivity contribution in [2.75, 3.05) is 6.54 Å². The van der Waals surface area contributed by atoms with E-state index in [1.165, 1.54) is 0 Å². The first-order valence-electron chi connectivity index (χ1n) is 4.36. The SMILES string of the molecule is O=C(O)CC(=O)NCCCCC(F)(F)F. The van der Waals surface area contributed by atoms with Crippen LogP contribution in [0.15, 0.2) is 0 Å². The number of hydrogen-bond donors (Lipinski definition) is 2. The zero-order chi connectivity index (χ0) is 11.9. The van der Waals surface area contributed by atoms with Gasteiger partial charge in [-0.1, -0.05) is 0 Å². The van der Waals surface area contributed by atoms with Gasteiger partial charge in [0.05, 0.1) is 0 Å². The van der Waals surface area contributed by atoms with Crippen LogP contribution in [0, 0.1) is 0 Å². The van der Waals surface area contributed by atoms with Crippen molar-refractivity contribution in [3.8, 4) is 0 Å². The number of aliphatic carboxylic acids is 1. The molecule has 0 bridgehead atoms. The van der Waals surface area contributed by atoms with E-state index in [1.54, 1.807) is 0 Å². The molecule has 0 atom stereocenters. The van der Waals surface area contributed by atoms with Crippen LogP contribution in [-0.4, -0.2) is 29.7 Å². The standard InChI is InChI=1S/C8H12F3NO3/c9-8(10,11)3-1-2-4-12-6(13)5-7(14)15/h1-5H2,(H,12,13)(H,14,15). The molecule has 0 aromatic carbocycles. The second kappa shape index (κ2) is 6.26. The lowest BCUT2D eigenvalue weighted by atomic mass is 10.2. The van der Waals surface area contributed by atoms with Crippen molar-refractivity contribution in [3.63, 3.8) is 0 Å². The first-order valence-corrected chi connectivity index (χ1v) is 4.36. The molecule has 88 valence electrons. The van der Waals surface area contributed by atoms with E-state index in [9.17, 15) is 22.8 Å². The van der Waals surface area contributed by atoms with Gasteiger partial charge in [0.15, 0.2) is 0 Å². The highest BCUT2D eigenvalue weighted by Crippen LogP contribution is 2.21. The van der Waals surface area contributed by atoms with Gasteiger partial charge in [-0.25, -0.2) is 0 Å². The predicted molar refractivity (Wildman–Crippen MR) is 45.2 cm³/mol. The number of nitrogens with one attached hydrogen (secondary N) is 1. The molecule has 0 saturated carbocycles. The molecule has 0 aliphatic rings. The van der Waals surface area contributed by atoms with Crippen LogP contribution >= 0.6 is 0 Å². The summed E-state index contributed by atoms with van der Waals surface area (Å²) in [6.07, 6.45) is -5.60. The molecule has 0 heterocycles. The van der Waals surface area contributed by atoms with Gasteiger partial charge in [-0.2, -0.15) is 13.2 Å². The van der Waals surface area contributed by atoms with Gasteiger partial charge in [-0.05, 0) is 12.8 Å². The Bertz CT molecular complexity index is 228. The molecule has 0 aromatic heterocycles. The molecule has 15 heavy (non-hydrogen) atoms. The van der Waals surface area contributed by atoms with Crippen LogP contribution in [0.3, 0.4) is 0 Å². The van der Waals surface area contributed by atoms with E-state index in [1.807, 2.05) is 0 Å². The highest BCUT2D eigenvalue weighted by Gasteiger charge is 2.25. The Morgan fingerprint density at radius 2 is 1.80 bits per heavy atom. The average molecular weight is 227 g/mol. The van der Waals surface area contributed by atoms with Crippen LogP contribution in [-0.2, 0) is 9.59 Å². The maximum absolute atomic E-state index is 11.6. The lowest BCUT2D eigenvalue weighted by Crippen LogP contribution is -2.26. The minimum Gasteiger partial charge on any atom is -0.481 e. The number of carboxylic acid groups (broad SMARTS) is 1. The molecule has 2 N–H and O–H groups in total. The summed E-state index contributed by atoms with van der Waals surface area (Å²) in [5, 5.41) is 10.4. The number of carboxylic acids is 1. The van der Waals surface area contributed by atoms with Crippen molar-refractivity contribution in [1.29, 1.82) is 0 Å². The molecule has 0 rings (SSSR count). The number of alkyl halides is 3. The van der Waals surface area contributed by atoms with Crippen molar-refractivity contribution < 1.29 is 27.9 Å². The van der Waals surface area contributed by atoms with Crippen molar-refractivity contribution in [1.82, 2.24) is 5.32 Å².